The maximum Gasteiger partial charge on any atom is 0.306 e. The molecule has 0 fully saturated rings. The lowest BCUT2D eigenvalue weighted by atomic mass is 10.3. The standard InChI is InChI=1S/C9H13N3O3S/c1-3-15-8(14)5-4-7(13)11-9-10-6(2)12-16-9/h3-5H2,1-2H3,(H,10,11,12,13). The van der Waals surface area contributed by atoms with Gasteiger partial charge in [-0.2, -0.15) is 4.37 Å². The van der Waals surface area contributed by atoms with Gasteiger partial charge in [-0.3, -0.25) is 9.59 Å². The second-order valence-electron chi connectivity index (χ2n) is 3.00. The molecular weight excluding hydrogens is 230 g/mol. The Morgan fingerprint density at radius 1 is 1.44 bits per heavy atom. The minimum Gasteiger partial charge on any atom is -0.466 e. The first-order chi connectivity index (χ1) is 7.61. The van der Waals surface area contributed by atoms with Gasteiger partial charge in [0.25, 0.3) is 0 Å². The SMILES string of the molecule is CCOC(=O)CCC(=O)Nc1nc(C)ns1. The van der Waals surface area contributed by atoms with Gasteiger partial charge in [0.2, 0.25) is 11.0 Å². The van der Waals surface area contributed by atoms with E-state index < -0.39 is 0 Å². The number of ether oxygens (including phenoxy) is 1. The fourth-order valence-electron chi connectivity index (χ4n) is 0.978. The third kappa shape index (κ3) is 4.35. The molecule has 0 radical (unpaired) electrons. The van der Waals surface area contributed by atoms with Crippen LogP contribution in [0.1, 0.15) is 25.6 Å². The summed E-state index contributed by atoms with van der Waals surface area (Å²) >= 11 is 1.11. The van der Waals surface area contributed by atoms with Gasteiger partial charge in [-0.15, -0.1) is 0 Å². The minimum atomic E-state index is -0.369. The van der Waals surface area contributed by atoms with E-state index >= 15 is 0 Å². The number of anilines is 1. The lowest BCUT2D eigenvalue weighted by molar-refractivity contribution is -0.144. The van der Waals surface area contributed by atoms with E-state index in [2.05, 4.69) is 14.7 Å². The molecule has 0 aliphatic carbocycles. The van der Waals surface area contributed by atoms with Crippen molar-refractivity contribution in [1.29, 1.82) is 0 Å². The minimum absolute atomic E-state index is 0.0808. The number of carbonyl (C=O) groups excluding carboxylic acids is 2. The molecule has 1 rings (SSSR count). The van der Waals surface area contributed by atoms with Crippen LogP contribution in [0.3, 0.4) is 0 Å². The summed E-state index contributed by atoms with van der Waals surface area (Å²) in [5, 5.41) is 3.01. The second kappa shape index (κ2) is 6.16. The van der Waals surface area contributed by atoms with Gasteiger partial charge in [0.1, 0.15) is 5.82 Å². The van der Waals surface area contributed by atoms with Crippen molar-refractivity contribution in [1.82, 2.24) is 9.36 Å². The third-order valence-electron chi connectivity index (χ3n) is 1.64. The first-order valence-electron chi connectivity index (χ1n) is 4.87. The van der Waals surface area contributed by atoms with Crippen LogP contribution in [0.25, 0.3) is 0 Å². The molecule has 88 valence electrons. The van der Waals surface area contributed by atoms with Crippen LogP contribution in [0.15, 0.2) is 0 Å². The molecule has 0 saturated heterocycles. The van der Waals surface area contributed by atoms with Gasteiger partial charge in [-0.1, -0.05) is 0 Å². The quantitative estimate of drug-likeness (QED) is 0.784. The van der Waals surface area contributed by atoms with Crippen LogP contribution in [0.5, 0.6) is 0 Å². The van der Waals surface area contributed by atoms with Gasteiger partial charge >= 0.3 is 5.97 Å². The maximum absolute atomic E-state index is 11.4. The zero-order valence-electron chi connectivity index (χ0n) is 9.15. The van der Waals surface area contributed by atoms with Crippen molar-refractivity contribution < 1.29 is 14.3 Å². The van der Waals surface area contributed by atoms with Crippen molar-refractivity contribution in [2.75, 3.05) is 11.9 Å². The Morgan fingerprint density at radius 2 is 2.19 bits per heavy atom. The zero-order chi connectivity index (χ0) is 12.0. The summed E-state index contributed by atoms with van der Waals surface area (Å²) in [6.45, 7) is 3.79. The van der Waals surface area contributed by atoms with Crippen molar-refractivity contribution in [3.05, 3.63) is 5.82 Å². The molecule has 1 heterocycles. The third-order valence-corrected chi connectivity index (χ3v) is 2.36. The van der Waals surface area contributed by atoms with Crippen molar-refractivity contribution in [2.45, 2.75) is 26.7 Å². The molecule has 1 N–H and O–H groups in total. The smallest absolute Gasteiger partial charge is 0.306 e. The summed E-state index contributed by atoms with van der Waals surface area (Å²) in [6, 6.07) is 0. The van der Waals surface area contributed by atoms with Crippen LogP contribution in [-0.4, -0.2) is 27.8 Å². The van der Waals surface area contributed by atoms with E-state index in [1.165, 1.54) is 0 Å². The summed E-state index contributed by atoms with van der Waals surface area (Å²) in [6.07, 6.45) is 0.176. The maximum atomic E-state index is 11.4. The molecule has 0 aliphatic rings. The number of hydrogen-bond acceptors (Lipinski definition) is 6. The Balaban J connectivity index is 2.28. The summed E-state index contributed by atoms with van der Waals surface area (Å²) < 4.78 is 8.62. The number of carbonyl (C=O) groups is 2. The number of amides is 1. The van der Waals surface area contributed by atoms with Gasteiger partial charge in [0.15, 0.2) is 0 Å². The monoisotopic (exact) mass is 243 g/mol. The summed E-state index contributed by atoms with van der Waals surface area (Å²) in [7, 11) is 0. The first kappa shape index (κ1) is 12.6. The van der Waals surface area contributed by atoms with Crippen molar-refractivity contribution in [2.24, 2.45) is 0 Å². The molecule has 0 saturated carbocycles. The summed E-state index contributed by atoms with van der Waals surface area (Å²) in [5.41, 5.74) is 0. The molecule has 0 aromatic carbocycles. The van der Waals surface area contributed by atoms with Crippen LogP contribution in [0.4, 0.5) is 5.13 Å². The molecule has 6 nitrogen and oxygen atoms in total. The Hall–Kier alpha value is -1.50. The van der Waals surface area contributed by atoms with Crippen molar-refractivity contribution in [3.63, 3.8) is 0 Å². The first-order valence-corrected chi connectivity index (χ1v) is 5.65. The molecule has 1 aromatic heterocycles. The molecule has 7 heteroatoms. The van der Waals surface area contributed by atoms with E-state index in [-0.39, 0.29) is 24.7 Å². The predicted octanol–water partition coefficient (Wildman–Crippen LogP) is 1.13. The van der Waals surface area contributed by atoms with E-state index in [9.17, 15) is 9.59 Å². The average Bonchev–Trinajstić information content (AvgIpc) is 2.61. The molecular formula is C9H13N3O3S. The van der Waals surface area contributed by atoms with Gasteiger partial charge in [0.05, 0.1) is 13.0 Å². The number of rotatable bonds is 5. The van der Waals surface area contributed by atoms with Crippen molar-refractivity contribution >= 4 is 28.5 Å². The molecule has 16 heavy (non-hydrogen) atoms. The number of nitrogens with one attached hydrogen (secondary N) is 1. The number of aryl methyl sites for hydroxylation is 1. The van der Waals surface area contributed by atoms with Gasteiger partial charge < -0.3 is 10.1 Å². The van der Waals surface area contributed by atoms with E-state index in [4.69, 9.17) is 4.74 Å². The zero-order valence-corrected chi connectivity index (χ0v) is 9.97. The highest BCUT2D eigenvalue weighted by molar-refractivity contribution is 7.09. The average molecular weight is 243 g/mol. The Kier molecular flexibility index (Phi) is 4.84. The van der Waals surface area contributed by atoms with Crippen LogP contribution in [0.2, 0.25) is 0 Å². The molecule has 1 aromatic rings. The van der Waals surface area contributed by atoms with Crippen LogP contribution in [-0.2, 0) is 14.3 Å². The molecule has 1 amide bonds. The normalized spacial score (nSPS) is 9.88. The lowest BCUT2D eigenvalue weighted by Crippen LogP contribution is -2.14. The Bertz CT molecular complexity index is 378. The molecule has 0 aliphatic heterocycles. The Labute approximate surface area is 97.2 Å². The second-order valence-corrected chi connectivity index (χ2v) is 3.75. The molecule has 0 spiro atoms. The van der Waals surface area contributed by atoms with Gasteiger partial charge in [-0.05, 0) is 13.8 Å². The van der Waals surface area contributed by atoms with Gasteiger partial charge in [0, 0.05) is 18.0 Å². The highest BCUT2D eigenvalue weighted by Crippen LogP contribution is 2.10. The Morgan fingerprint density at radius 3 is 2.75 bits per heavy atom. The predicted molar refractivity (Wildman–Crippen MR) is 59.1 cm³/mol. The van der Waals surface area contributed by atoms with E-state index in [0.717, 1.165) is 11.5 Å². The van der Waals surface area contributed by atoms with E-state index in [1.807, 2.05) is 0 Å². The van der Waals surface area contributed by atoms with Crippen LogP contribution in [0, 0.1) is 6.92 Å². The lowest BCUT2D eigenvalue weighted by Gasteiger charge is -2.01. The number of nitrogens with zero attached hydrogens (tertiary/aromatic N) is 2. The molecule has 0 atom stereocenters. The summed E-state index contributed by atoms with van der Waals surface area (Å²) in [4.78, 5) is 26.3. The molecule has 0 unspecified atom stereocenters. The largest absolute Gasteiger partial charge is 0.466 e. The number of hydrogen-bond donors (Lipinski definition) is 1. The van der Waals surface area contributed by atoms with Crippen LogP contribution < -0.4 is 5.32 Å². The van der Waals surface area contributed by atoms with Crippen LogP contribution >= 0.6 is 11.5 Å². The number of esters is 1. The van der Waals surface area contributed by atoms with Crippen molar-refractivity contribution in [3.8, 4) is 0 Å². The summed E-state index contributed by atoms with van der Waals surface area (Å²) in [5.74, 6) is -0.0130. The molecule has 0 bridgehead atoms. The van der Waals surface area contributed by atoms with Gasteiger partial charge in [-0.25, -0.2) is 4.98 Å². The highest BCUT2D eigenvalue weighted by atomic mass is 32.1. The fourth-order valence-corrected chi connectivity index (χ4v) is 1.57. The van der Waals surface area contributed by atoms with E-state index in [1.54, 1.807) is 13.8 Å². The number of aromatic nitrogens is 2. The topological polar surface area (TPSA) is 81.2 Å². The highest BCUT2D eigenvalue weighted by Gasteiger charge is 2.09. The van der Waals surface area contributed by atoms with E-state index in [0.29, 0.717) is 17.6 Å². The fraction of sp³-hybridized carbons (Fsp3) is 0.556.